The fourth-order valence-electron chi connectivity index (χ4n) is 2.96. The van der Waals surface area contributed by atoms with Crippen LogP contribution in [0.15, 0.2) is 59.6 Å². The van der Waals surface area contributed by atoms with E-state index in [1.165, 1.54) is 5.56 Å². The van der Waals surface area contributed by atoms with Crippen molar-refractivity contribution in [2.75, 3.05) is 12.4 Å². The van der Waals surface area contributed by atoms with Gasteiger partial charge in [-0.1, -0.05) is 42.5 Å². The van der Waals surface area contributed by atoms with Crippen molar-refractivity contribution in [2.24, 2.45) is 10.7 Å². The van der Waals surface area contributed by atoms with E-state index in [0.717, 1.165) is 34.9 Å². The Morgan fingerprint density at radius 1 is 1.11 bits per heavy atom. The molecule has 27 heavy (non-hydrogen) atoms. The average molecular weight is 363 g/mol. The molecule has 0 amide bonds. The molecule has 0 unspecified atom stereocenters. The molecular weight excluding hydrogens is 338 g/mol. The van der Waals surface area contributed by atoms with Crippen molar-refractivity contribution in [3.8, 4) is 5.75 Å². The zero-order valence-corrected chi connectivity index (χ0v) is 15.9. The smallest absolute Gasteiger partial charge is 0.193 e. The average Bonchev–Trinajstić information content (AvgIpc) is 2.94. The molecule has 0 bridgehead atoms. The fourth-order valence-corrected chi connectivity index (χ4v) is 2.96. The highest BCUT2D eigenvalue weighted by Gasteiger charge is 2.12. The number of para-hydroxylation sites is 2. The van der Waals surface area contributed by atoms with E-state index >= 15 is 0 Å². The molecule has 140 valence electrons. The van der Waals surface area contributed by atoms with Gasteiger partial charge in [0.1, 0.15) is 5.75 Å². The molecule has 0 atom stereocenters. The molecule has 0 spiro atoms. The molecule has 0 saturated heterocycles. The quantitative estimate of drug-likeness (QED) is 0.519. The highest BCUT2D eigenvalue weighted by molar-refractivity contribution is 5.93. The van der Waals surface area contributed by atoms with E-state index in [2.05, 4.69) is 34.5 Å². The van der Waals surface area contributed by atoms with Crippen molar-refractivity contribution in [1.82, 2.24) is 9.78 Å². The highest BCUT2D eigenvalue weighted by Crippen LogP contribution is 2.23. The lowest BCUT2D eigenvalue weighted by molar-refractivity contribution is 0.417. The topological polar surface area (TPSA) is 77.5 Å². The van der Waals surface area contributed by atoms with Crippen LogP contribution in [0.1, 0.15) is 22.5 Å². The van der Waals surface area contributed by atoms with Gasteiger partial charge in [-0.25, -0.2) is 4.99 Å². The van der Waals surface area contributed by atoms with Gasteiger partial charge in [-0.2, -0.15) is 5.10 Å². The SMILES string of the molecule is COc1ccccc1NC(N)=NCc1c(C)nn(Cc2ccccc2)c1C. The van der Waals surface area contributed by atoms with Gasteiger partial charge in [0.05, 0.1) is 31.6 Å². The molecule has 6 heteroatoms. The Morgan fingerprint density at radius 3 is 2.56 bits per heavy atom. The summed E-state index contributed by atoms with van der Waals surface area (Å²) < 4.78 is 7.33. The number of nitrogens with one attached hydrogen (secondary N) is 1. The fraction of sp³-hybridized carbons (Fsp3) is 0.238. The summed E-state index contributed by atoms with van der Waals surface area (Å²) in [5.74, 6) is 1.06. The van der Waals surface area contributed by atoms with Crippen LogP contribution < -0.4 is 15.8 Å². The second-order valence-electron chi connectivity index (χ2n) is 6.32. The number of anilines is 1. The summed E-state index contributed by atoms with van der Waals surface area (Å²) in [7, 11) is 1.63. The summed E-state index contributed by atoms with van der Waals surface area (Å²) in [5, 5.41) is 7.75. The molecule has 0 fully saturated rings. The van der Waals surface area contributed by atoms with Gasteiger partial charge in [0.25, 0.3) is 0 Å². The Balaban J connectivity index is 1.72. The highest BCUT2D eigenvalue weighted by atomic mass is 16.5. The van der Waals surface area contributed by atoms with Crippen LogP contribution in [0.5, 0.6) is 5.75 Å². The number of methoxy groups -OCH3 is 1. The zero-order chi connectivity index (χ0) is 19.2. The van der Waals surface area contributed by atoms with Crippen LogP contribution in [0.4, 0.5) is 5.69 Å². The van der Waals surface area contributed by atoms with Gasteiger partial charge in [-0.15, -0.1) is 0 Å². The van der Waals surface area contributed by atoms with Crippen LogP contribution in [0, 0.1) is 13.8 Å². The lowest BCUT2D eigenvalue weighted by Gasteiger charge is -2.10. The molecule has 1 heterocycles. The van der Waals surface area contributed by atoms with Gasteiger partial charge in [-0.3, -0.25) is 4.68 Å². The van der Waals surface area contributed by atoms with Crippen LogP contribution >= 0.6 is 0 Å². The summed E-state index contributed by atoms with van der Waals surface area (Å²) in [6.45, 7) is 5.29. The molecule has 0 saturated carbocycles. The third-order valence-corrected chi connectivity index (χ3v) is 4.48. The predicted octanol–water partition coefficient (Wildman–Crippen LogP) is 3.48. The maximum atomic E-state index is 6.06. The first-order valence-electron chi connectivity index (χ1n) is 8.85. The number of aryl methyl sites for hydroxylation is 1. The summed E-state index contributed by atoms with van der Waals surface area (Å²) >= 11 is 0. The van der Waals surface area contributed by atoms with Gasteiger partial charge in [0.2, 0.25) is 0 Å². The minimum Gasteiger partial charge on any atom is -0.495 e. The Morgan fingerprint density at radius 2 is 1.81 bits per heavy atom. The van der Waals surface area contributed by atoms with Crippen molar-refractivity contribution >= 4 is 11.6 Å². The number of rotatable bonds is 6. The van der Waals surface area contributed by atoms with Gasteiger partial charge >= 0.3 is 0 Å². The number of hydrogen-bond donors (Lipinski definition) is 2. The molecule has 3 N–H and O–H groups in total. The van der Waals surface area contributed by atoms with E-state index in [1.54, 1.807) is 7.11 Å². The molecule has 6 nitrogen and oxygen atoms in total. The van der Waals surface area contributed by atoms with E-state index in [4.69, 9.17) is 10.5 Å². The molecule has 1 aromatic heterocycles. The molecule has 0 aliphatic rings. The zero-order valence-electron chi connectivity index (χ0n) is 15.9. The van der Waals surface area contributed by atoms with Crippen molar-refractivity contribution in [3.05, 3.63) is 77.1 Å². The van der Waals surface area contributed by atoms with Crippen molar-refractivity contribution < 1.29 is 4.74 Å². The minimum absolute atomic E-state index is 0.342. The maximum Gasteiger partial charge on any atom is 0.193 e. The number of nitrogens with two attached hydrogens (primary N) is 1. The largest absolute Gasteiger partial charge is 0.495 e. The summed E-state index contributed by atoms with van der Waals surface area (Å²) in [6.07, 6.45) is 0. The Labute approximate surface area is 159 Å². The normalized spacial score (nSPS) is 11.4. The van der Waals surface area contributed by atoms with E-state index in [1.807, 2.05) is 54.1 Å². The lowest BCUT2D eigenvalue weighted by Crippen LogP contribution is -2.23. The number of nitrogens with zero attached hydrogens (tertiary/aromatic N) is 3. The molecule has 0 aliphatic heterocycles. The Hall–Kier alpha value is -3.28. The number of aromatic nitrogens is 2. The number of hydrogen-bond acceptors (Lipinski definition) is 3. The second kappa shape index (κ2) is 8.40. The first kappa shape index (κ1) is 18.5. The third-order valence-electron chi connectivity index (χ3n) is 4.48. The monoisotopic (exact) mass is 363 g/mol. The van der Waals surface area contributed by atoms with Crippen LogP contribution in [0.25, 0.3) is 0 Å². The van der Waals surface area contributed by atoms with Crippen LogP contribution in [-0.2, 0) is 13.1 Å². The van der Waals surface area contributed by atoms with Crippen LogP contribution in [0.2, 0.25) is 0 Å². The molecule has 3 aromatic rings. The van der Waals surface area contributed by atoms with E-state index in [0.29, 0.717) is 12.5 Å². The predicted molar refractivity (Wildman–Crippen MR) is 109 cm³/mol. The lowest BCUT2D eigenvalue weighted by atomic mass is 10.2. The standard InChI is InChI=1S/C21H25N5O/c1-15-18(16(2)26(25-15)14-17-9-5-4-6-10-17)13-23-21(22)24-19-11-7-8-12-20(19)27-3/h4-12H,13-14H2,1-3H3,(H3,22,23,24). The van der Waals surface area contributed by atoms with Crippen molar-refractivity contribution in [2.45, 2.75) is 26.9 Å². The second-order valence-corrected chi connectivity index (χ2v) is 6.32. The van der Waals surface area contributed by atoms with Crippen molar-refractivity contribution in [3.63, 3.8) is 0 Å². The van der Waals surface area contributed by atoms with E-state index in [-0.39, 0.29) is 0 Å². The molecule has 0 radical (unpaired) electrons. The number of ether oxygens (including phenoxy) is 1. The van der Waals surface area contributed by atoms with Gasteiger partial charge in [0.15, 0.2) is 5.96 Å². The minimum atomic E-state index is 0.342. The van der Waals surface area contributed by atoms with E-state index < -0.39 is 0 Å². The van der Waals surface area contributed by atoms with E-state index in [9.17, 15) is 0 Å². The summed E-state index contributed by atoms with van der Waals surface area (Å²) in [6, 6.07) is 17.9. The Bertz CT molecular complexity index is 931. The Kier molecular flexibility index (Phi) is 5.76. The first-order chi connectivity index (χ1) is 13.1. The van der Waals surface area contributed by atoms with Gasteiger partial charge in [0, 0.05) is 11.3 Å². The summed E-state index contributed by atoms with van der Waals surface area (Å²) in [4.78, 5) is 4.48. The molecule has 2 aromatic carbocycles. The van der Waals surface area contributed by atoms with Gasteiger partial charge in [-0.05, 0) is 31.5 Å². The molecular formula is C21H25N5O. The molecule has 0 aliphatic carbocycles. The molecule has 3 rings (SSSR count). The number of benzene rings is 2. The summed E-state index contributed by atoms with van der Waals surface area (Å²) in [5.41, 5.74) is 11.2. The maximum absolute atomic E-state index is 6.06. The number of guanidine groups is 1. The van der Waals surface area contributed by atoms with Crippen molar-refractivity contribution in [1.29, 1.82) is 0 Å². The van der Waals surface area contributed by atoms with Crippen LogP contribution in [0.3, 0.4) is 0 Å². The first-order valence-corrected chi connectivity index (χ1v) is 8.85. The van der Waals surface area contributed by atoms with Crippen LogP contribution in [-0.4, -0.2) is 22.8 Å². The van der Waals surface area contributed by atoms with Gasteiger partial charge < -0.3 is 15.8 Å². The third kappa shape index (κ3) is 4.47. The number of aliphatic imine (C=N–C) groups is 1.